The molecule has 1 heterocycles. The van der Waals surface area contributed by atoms with Crippen molar-refractivity contribution in [2.24, 2.45) is 0 Å². The average Bonchev–Trinajstić information content (AvgIpc) is 2.60. The summed E-state index contributed by atoms with van der Waals surface area (Å²) in [4.78, 5) is 24.3. The van der Waals surface area contributed by atoms with Crippen molar-refractivity contribution in [2.75, 3.05) is 0 Å². The Labute approximate surface area is 140 Å². The molecule has 24 heavy (non-hydrogen) atoms. The Hall–Kier alpha value is -2.10. The van der Waals surface area contributed by atoms with Crippen molar-refractivity contribution >= 4 is 16.8 Å². The van der Waals surface area contributed by atoms with Gasteiger partial charge in [-0.25, -0.2) is 4.79 Å². The SMILES string of the molecule is Cc1c(O[C@H]2CCCCC2=O)ccc2c3c(c(=O)oc12)CCCC3. The number of benzene rings is 1. The predicted molar refractivity (Wildman–Crippen MR) is 91.8 cm³/mol. The first-order valence-corrected chi connectivity index (χ1v) is 8.92. The van der Waals surface area contributed by atoms with Crippen LogP contribution in [0, 0.1) is 6.92 Å². The molecule has 0 N–H and O–H groups in total. The lowest BCUT2D eigenvalue weighted by molar-refractivity contribution is -0.127. The normalized spacial score (nSPS) is 20.9. The quantitative estimate of drug-likeness (QED) is 0.786. The van der Waals surface area contributed by atoms with Gasteiger partial charge in [0.2, 0.25) is 0 Å². The summed E-state index contributed by atoms with van der Waals surface area (Å²) in [5.74, 6) is 0.828. The molecule has 1 aromatic heterocycles. The third-order valence-electron chi connectivity index (χ3n) is 5.36. The third kappa shape index (κ3) is 2.54. The van der Waals surface area contributed by atoms with Gasteiger partial charge in [0.05, 0.1) is 0 Å². The van der Waals surface area contributed by atoms with Gasteiger partial charge in [-0.1, -0.05) is 0 Å². The van der Waals surface area contributed by atoms with Crippen molar-refractivity contribution in [1.29, 1.82) is 0 Å². The monoisotopic (exact) mass is 326 g/mol. The largest absolute Gasteiger partial charge is 0.482 e. The number of Topliss-reactive ketones (excluding diaryl/α,β-unsaturated/α-hetero) is 1. The Bertz CT molecular complexity index is 862. The van der Waals surface area contributed by atoms with Gasteiger partial charge in [0.15, 0.2) is 11.9 Å². The van der Waals surface area contributed by atoms with Crippen molar-refractivity contribution in [1.82, 2.24) is 0 Å². The molecule has 4 heteroatoms. The Kier molecular flexibility index (Phi) is 3.91. The van der Waals surface area contributed by atoms with Crippen LogP contribution in [-0.2, 0) is 17.6 Å². The van der Waals surface area contributed by atoms with Crippen molar-refractivity contribution in [3.05, 3.63) is 39.2 Å². The van der Waals surface area contributed by atoms with E-state index in [1.165, 1.54) is 0 Å². The highest BCUT2D eigenvalue weighted by molar-refractivity contribution is 5.87. The van der Waals surface area contributed by atoms with Crippen molar-refractivity contribution < 1.29 is 13.9 Å². The number of ether oxygens (including phenoxy) is 1. The van der Waals surface area contributed by atoms with Crippen LogP contribution in [0.25, 0.3) is 11.0 Å². The molecule has 1 saturated carbocycles. The maximum Gasteiger partial charge on any atom is 0.339 e. The first kappa shape index (κ1) is 15.4. The van der Waals surface area contributed by atoms with Crippen molar-refractivity contribution in [2.45, 2.75) is 64.4 Å². The van der Waals surface area contributed by atoms with Crippen LogP contribution in [-0.4, -0.2) is 11.9 Å². The molecule has 0 bridgehead atoms. The highest BCUT2D eigenvalue weighted by Gasteiger charge is 2.25. The molecular formula is C20H22O4. The van der Waals surface area contributed by atoms with Gasteiger partial charge >= 0.3 is 5.63 Å². The van der Waals surface area contributed by atoms with Crippen LogP contribution in [0.15, 0.2) is 21.3 Å². The summed E-state index contributed by atoms with van der Waals surface area (Å²) < 4.78 is 11.6. The topological polar surface area (TPSA) is 56.5 Å². The Morgan fingerprint density at radius 1 is 1.00 bits per heavy atom. The van der Waals surface area contributed by atoms with Gasteiger partial charge in [0.25, 0.3) is 0 Å². The van der Waals surface area contributed by atoms with Gasteiger partial charge in [-0.3, -0.25) is 4.79 Å². The number of fused-ring (bicyclic) bond motifs is 3. The Balaban J connectivity index is 1.78. The minimum absolute atomic E-state index is 0.174. The zero-order valence-electron chi connectivity index (χ0n) is 14.0. The van der Waals surface area contributed by atoms with Crippen LogP contribution in [0.2, 0.25) is 0 Å². The fourth-order valence-corrected chi connectivity index (χ4v) is 3.98. The maximum atomic E-state index is 12.3. The van der Waals surface area contributed by atoms with Crippen LogP contribution >= 0.6 is 0 Å². The highest BCUT2D eigenvalue weighted by Crippen LogP contribution is 2.33. The second-order valence-corrected chi connectivity index (χ2v) is 6.94. The molecule has 0 unspecified atom stereocenters. The van der Waals surface area contributed by atoms with Crippen LogP contribution in [0.1, 0.15) is 55.2 Å². The maximum absolute atomic E-state index is 12.3. The molecule has 0 amide bonds. The summed E-state index contributed by atoms with van der Waals surface area (Å²) in [6.07, 6.45) is 6.87. The van der Waals surface area contributed by atoms with Gasteiger partial charge in [-0.05, 0) is 69.6 Å². The van der Waals surface area contributed by atoms with Crippen LogP contribution in [0.5, 0.6) is 5.75 Å². The molecule has 4 rings (SSSR count). The first-order chi connectivity index (χ1) is 11.6. The standard InChI is InChI=1S/C20H22O4/c1-12-17(23-18-9-5-4-8-16(18)21)11-10-14-13-6-2-3-7-15(13)20(22)24-19(12)14/h10-11,18H,2-9H2,1H3/t18-/m0/s1. The van der Waals surface area contributed by atoms with Gasteiger partial charge < -0.3 is 9.15 Å². The summed E-state index contributed by atoms with van der Waals surface area (Å²) in [6, 6.07) is 3.91. The summed E-state index contributed by atoms with van der Waals surface area (Å²) in [6.45, 7) is 1.91. The fourth-order valence-electron chi connectivity index (χ4n) is 3.98. The molecule has 2 aliphatic carbocycles. The number of hydrogen-bond acceptors (Lipinski definition) is 4. The Morgan fingerprint density at radius 2 is 1.75 bits per heavy atom. The molecule has 1 atom stereocenters. The minimum atomic E-state index is -0.362. The van der Waals surface area contributed by atoms with E-state index < -0.39 is 0 Å². The predicted octanol–water partition coefficient (Wildman–Crippen LogP) is 3.87. The fraction of sp³-hybridized carbons (Fsp3) is 0.500. The molecule has 1 fully saturated rings. The van der Waals surface area contributed by atoms with E-state index in [4.69, 9.17) is 9.15 Å². The molecule has 4 nitrogen and oxygen atoms in total. The number of aryl methyl sites for hydroxylation is 2. The summed E-state index contributed by atoms with van der Waals surface area (Å²) in [7, 11) is 0. The molecule has 1 aromatic carbocycles. The lowest BCUT2D eigenvalue weighted by Crippen LogP contribution is -2.30. The van der Waals surface area contributed by atoms with E-state index in [1.807, 2.05) is 19.1 Å². The number of hydrogen-bond donors (Lipinski definition) is 0. The molecule has 0 saturated heterocycles. The van der Waals surface area contributed by atoms with Crippen LogP contribution in [0.4, 0.5) is 0 Å². The zero-order valence-corrected chi connectivity index (χ0v) is 14.0. The first-order valence-electron chi connectivity index (χ1n) is 8.92. The zero-order chi connectivity index (χ0) is 16.7. The second kappa shape index (κ2) is 6.08. The lowest BCUT2D eigenvalue weighted by atomic mass is 9.90. The number of ketones is 1. The van der Waals surface area contributed by atoms with E-state index in [-0.39, 0.29) is 17.5 Å². The van der Waals surface area contributed by atoms with Crippen molar-refractivity contribution in [3.63, 3.8) is 0 Å². The molecule has 126 valence electrons. The molecule has 0 radical (unpaired) electrons. The summed E-state index contributed by atoms with van der Waals surface area (Å²) >= 11 is 0. The van der Waals surface area contributed by atoms with E-state index in [9.17, 15) is 9.59 Å². The smallest absolute Gasteiger partial charge is 0.339 e. The molecule has 2 aliphatic rings. The molecule has 2 aromatic rings. The second-order valence-electron chi connectivity index (χ2n) is 6.94. The summed E-state index contributed by atoms with van der Waals surface area (Å²) in [5.41, 5.74) is 3.18. The average molecular weight is 326 g/mol. The minimum Gasteiger partial charge on any atom is -0.482 e. The number of carbonyl (C=O) groups excluding carboxylic acids is 1. The molecule has 0 aliphatic heterocycles. The third-order valence-corrected chi connectivity index (χ3v) is 5.36. The van der Waals surface area contributed by atoms with Gasteiger partial charge in [0.1, 0.15) is 11.3 Å². The van der Waals surface area contributed by atoms with E-state index in [0.29, 0.717) is 17.8 Å². The number of carbonyl (C=O) groups is 1. The van der Waals surface area contributed by atoms with E-state index in [1.54, 1.807) is 0 Å². The lowest BCUT2D eigenvalue weighted by Gasteiger charge is -2.23. The van der Waals surface area contributed by atoms with Gasteiger partial charge in [0, 0.05) is 22.9 Å². The van der Waals surface area contributed by atoms with E-state index in [2.05, 4.69) is 0 Å². The highest BCUT2D eigenvalue weighted by atomic mass is 16.5. The number of rotatable bonds is 2. The van der Waals surface area contributed by atoms with E-state index >= 15 is 0 Å². The summed E-state index contributed by atoms with van der Waals surface area (Å²) in [5, 5.41) is 1.02. The van der Waals surface area contributed by atoms with Crippen LogP contribution in [0.3, 0.4) is 0 Å². The van der Waals surface area contributed by atoms with E-state index in [0.717, 1.165) is 67.0 Å². The van der Waals surface area contributed by atoms with Gasteiger partial charge in [-0.15, -0.1) is 0 Å². The Morgan fingerprint density at radius 3 is 2.54 bits per heavy atom. The molecule has 0 spiro atoms. The van der Waals surface area contributed by atoms with Gasteiger partial charge in [-0.2, -0.15) is 0 Å². The molecular weight excluding hydrogens is 304 g/mol. The van der Waals surface area contributed by atoms with Crippen LogP contribution < -0.4 is 10.4 Å². The van der Waals surface area contributed by atoms with Crippen molar-refractivity contribution in [3.8, 4) is 5.75 Å².